The van der Waals surface area contributed by atoms with Crippen molar-refractivity contribution in [2.45, 2.75) is 31.7 Å². The molecule has 0 aromatic carbocycles. The summed E-state index contributed by atoms with van der Waals surface area (Å²) in [6.07, 6.45) is 6.45. The highest BCUT2D eigenvalue weighted by Gasteiger charge is 2.15. The van der Waals surface area contributed by atoms with Crippen molar-refractivity contribution in [2.75, 3.05) is 5.32 Å². The highest BCUT2D eigenvalue weighted by Crippen LogP contribution is 2.21. The molecular weight excluding hydrogens is 206 g/mol. The van der Waals surface area contributed by atoms with Gasteiger partial charge in [-0.1, -0.05) is 12.8 Å². The summed E-state index contributed by atoms with van der Waals surface area (Å²) in [5.41, 5.74) is 0.343. The first kappa shape index (κ1) is 9.38. The highest BCUT2D eigenvalue weighted by atomic mass is 16.1. The molecule has 0 saturated heterocycles. The lowest BCUT2D eigenvalue weighted by atomic mass is 10.2. The zero-order chi connectivity index (χ0) is 11.0. The fourth-order valence-corrected chi connectivity index (χ4v) is 2.17. The van der Waals surface area contributed by atoms with Crippen molar-refractivity contribution in [3.8, 4) is 0 Å². The maximum atomic E-state index is 11.2. The number of aromatic nitrogens is 4. The molecule has 2 aromatic heterocycles. The molecule has 1 aliphatic rings. The zero-order valence-corrected chi connectivity index (χ0v) is 8.81. The molecule has 2 N–H and O–H groups in total. The summed E-state index contributed by atoms with van der Waals surface area (Å²) in [5, 5.41) is 9.65. The number of aromatic amines is 1. The van der Waals surface area contributed by atoms with E-state index in [-0.39, 0.29) is 5.69 Å². The molecule has 84 valence electrons. The van der Waals surface area contributed by atoms with Gasteiger partial charge in [-0.05, 0) is 12.8 Å². The van der Waals surface area contributed by atoms with Gasteiger partial charge in [0.2, 0.25) is 0 Å². The van der Waals surface area contributed by atoms with Crippen LogP contribution in [-0.2, 0) is 0 Å². The third-order valence-electron chi connectivity index (χ3n) is 3.02. The van der Waals surface area contributed by atoms with Gasteiger partial charge in [-0.2, -0.15) is 5.10 Å². The highest BCUT2D eigenvalue weighted by molar-refractivity contribution is 5.48. The minimum Gasteiger partial charge on any atom is -0.367 e. The van der Waals surface area contributed by atoms with Crippen LogP contribution in [0.2, 0.25) is 0 Å². The lowest BCUT2D eigenvalue weighted by molar-refractivity contribution is 0.749. The van der Waals surface area contributed by atoms with E-state index in [1.165, 1.54) is 36.4 Å². The van der Waals surface area contributed by atoms with E-state index in [2.05, 4.69) is 20.5 Å². The molecule has 0 unspecified atom stereocenters. The van der Waals surface area contributed by atoms with Crippen molar-refractivity contribution in [2.24, 2.45) is 0 Å². The van der Waals surface area contributed by atoms with E-state index in [9.17, 15) is 4.79 Å². The third-order valence-corrected chi connectivity index (χ3v) is 3.02. The largest absolute Gasteiger partial charge is 0.367 e. The maximum Gasteiger partial charge on any atom is 0.348 e. The fraction of sp³-hybridized carbons (Fsp3) is 0.500. The average molecular weight is 219 g/mol. The second-order valence-corrected chi connectivity index (χ2v) is 4.16. The van der Waals surface area contributed by atoms with Crippen LogP contribution in [0, 0.1) is 0 Å². The molecule has 0 radical (unpaired) electrons. The van der Waals surface area contributed by atoms with Crippen LogP contribution in [0.3, 0.4) is 0 Å². The van der Waals surface area contributed by atoms with Crippen LogP contribution in [0.5, 0.6) is 0 Å². The molecule has 2 aromatic rings. The lowest BCUT2D eigenvalue weighted by Gasteiger charge is -2.11. The lowest BCUT2D eigenvalue weighted by Crippen LogP contribution is -2.16. The number of hydrogen-bond donors (Lipinski definition) is 2. The Morgan fingerprint density at radius 3 is 3.06 bits per heavy atom. The van der Waals surface area contributed by atoms with E-state index in [0.717, 1.165) is 5.82 Å². The number of nitrogens with one attached hydrogen (secondary N) is 2. The Labute approximate surface area is 91.7 Å². The Morgan fingerprint density at radius 1 is 1.44 bits per heavy atom. The molecule has 6 heteroatoms. The number of anilines is 1. The van der Waals surface area contributed by atoms with E-state index in [0.29, 0.717) is 11.7 Å². The van der Waals surface area contributed by atoms with Crippen LogP contribution >= 0.6 is 0 Å². The minimum absolute atomic E-state index is 0.255. The Morgan fingerprint density at radius 2 is 2.25 bits per heavy atom. The van der Waals surface area contributed by atoms with Crippen LogP contribution < -0.4 is 11.0 Å². The minimum atomic E-state index is -0.255. The number of nitrogens with zero attached hydrogens (tertiary/aromatic N) is 3. The first-order valence-corrected chi connectivity index (χ1v) is 5.52. The second kappa shape index (κ2) is 3.62. The van der Waals surface area contributed by atoms with E-state index < -0.39 is 0 Å². The fourth-order valence-electron chi connectivity index (χ4n) is 2.17. The topological polar surface area (TPSA) is 75.1 Å². The van der Waals surface area contributed by atoms with Gasteiger partial charge in [0.15, 0.2) is 5.65 Å². The standard InChI is InChI=1S/C10H13N5O/c16-10-14-13-9-5-8(11-6-15(9)10)12-7-3-1-2-4-7/h5-7,12H,1-4H2,(H,14,16). The monoisotopic (exact) mass is 219 g/mol. The molecule has 0 spiro atoms. The molecule has 6 nitrogen and oxygen atoms in total. The van der Waals surface area contributed by atoms with E-state index in [1.807, 2.05) is 0 Å². The number of H-pyrrole nitrogens is 1. The summed E-state index contributed by atoms with van der Waals surface area (Å²) in [6, 6.07) is 2.30. The summed E-state index contributed by atoms with van der Waals surface area (Å²) in [4.78, 5) is 15.4. The molecule has 0 amide bonds. The van der Waals surface area contributed by atoms with Gasteiger partial charge in [-0.25, -0.2) is 19.3 Å². The molecule has 1 aliphatic carbocycles. The summed E-state index contributed by atoms with van der Waals surface area (Å²) in [6.45, 7) is 0. The van der Waals surface area contributed by atoms with Gasteiger partial charge in [0, 0.05) is 12.1 Å². The molecule has 2 heterocycles. The predicted molar refractivity (Wildman–Crippen MR) is 59.5 cm³/mol. The normalized spacial score (nSPS) is 17.0. The molecule has 0 bridgehead atoms. The number of fused-ring (bicyclic) bond motifs is 1. The van der Waals surface area contributed by atoms with Crippen LogP contribution in [-0.4, -0.2) is 25.6 Å². The molecule has 16 heavy (non-hydrogen) atoms. The quantitative estimate of drug-likeness (QED) is 0.782. The average Bonchev–Trinajstić information content (AvgIpc) is 2.90. The van der Waals surface area contributed by atoms with Gasteiger partial charge >= 0.3 is 5.69 Å². The SMILES string of the molecule is O=c1[nH]nc2cc(NC3CCCC3)ncn12. The maximum absolute atomic E-state index is 11.2. The van der Waals surface area contributed by atoms with E-state index in [4.69, 9.17) is 0 Å². The van der Waals surface area contributed by atoms with Crippen LogP contribution in [0.15, 0.2) is 17.2 Å². The summed E-state index contributed by atoms with van der Waals surface area (Å²) < 4.78 is 1.39. The van der Waals surface area contributed by atoms with E-state index in [1.54, 1.807) is 6.07 Å². The summed E-state index contributed by atoms with van der Waals surface area (Å²) >= 11 is 0. The molecule has 0 atom stereocenters. The molecular formula is C10H13N5O. The van der Waals surface area contributed by atoms with Gasteiger partial charge < -0.3 is 5.32 Å². The summed E-state index contributed by atoms with van der Waals surface area (Å²) in [5.74, 6) is 0.790. The first-order chi connectivity index (χ1) is 7.83. The molecule has 1 fully saturated rings. The van der Waals surface area contributed by atoms with Crippen molar-refractivity contribution in [3.05, 3.63) is 22.9 Å². The van der Waals surface area contributed by atoms with Crippen LogP contribution in [0.25, 0.3) is 5.65 Å². The zero-order valence-electron chi connectivity index (χ0n) is 8.81. The van der Waals surface area contributed by atoms with Gasteiger partial charge in [0.25, 0.3) is 0 Å². The van der Waals surface area contributed by atoms with Crippen LogP contribution in [0.4, 0.5) is 5.82 Å². The summed E-state index contributed by atoms with van der Waals surface area (Å²) in [7, 11) is 0. The van der Waals surface area contributed by atoms with Crippen molar-refractivity contribution in [1.82, 2.24) is 19.6 Å². The Balaban J connectivity index is 1.89. The van der Waals surface area contributed by atoms with Crippen LogP contribution in [0.1, 0.15) is 25.7 Å². The predicted octanol–water partition coefficient (Wildman–Crippen LogP) is 0.772. The molecule has 3 rings (SSSR count). The Bertz CT molecular complexity index is 552. The van der Waals surface area contributed by atoms with Gasteiger partial charge in [0.1, 0.15) is 12.1 Å². The first-order valence-electron chi connectivity index (χ1n) is 5.52. The van der Waals surface area contributed by atoms with E-state index >= 15 is 0 Å². The number of rotatable bonds is 2. The molecule has 0 aliphatic heterocycles. The van der Waals surface area contributed by atoms with Crippen molar-refractivity contribution in [1.29, 1.82) is 0 Å². The third kappa shape index (κ3) is 1.56. The van der Waals surface area contributed by atoms with Crippen molar-refractivity contribution < 1.29 is 0 Å². The Kier molecular flexibility index (Phi) is 2.12. The van der Waals surface area contributed by atoms with Gasteiger partial charge in [-0.15, -0.1) is 0 Å². The van der Waals surface area contributed by atoms with Gasteiger partial charge in [0.05, 0.1) is 0 Å². The smallest absolute Gasteiger partial charge is 0.348 e. The number of hydrogen-bond acceptors (Lipinski definition) is 4. The molecule has 1 saturated carbocycles. The van der Waals surface area contributed by atoms with Gasteiger partial charge in [-0.3, -0.25) is 0 Å². The van der Waals surface area contributed by atoms with Crippen molar-refractivity contribution in [3.63, 3.8) is 0 Å². The van der Waals surface area contributed by atoms with Crippen molar-refractivity contribution >= 4 is 11.5 Å². The Hall–Kier alpha value is -1.85. The second-order valence-electron chi connectivity index (χ2n) is 4.16.